The Labute approximate surface area is 161 Å². The number of carbonyl (C=O) groups excluding carboxylic acids is 2. The molecule has 2 unspecified atom stereocenters. The molecule has 6 nitrogen and oxygen atoms in total. The van der Waals surface area contributed by atoms with Crippen molar-refractivity contribution in [3.63, 3.8) is 0 Å². The Morgan fingerprint density at radius 2 is 0.962 bits per heavy atom. The highest BCUT2D eigenvalue weighted by Gasteiger charge is 2.62. The largest absolute Gasteiger partial charge is 0.464 e. The average molecular weight is 407 g/mol. The summed E-state index contributed by atoms with van der Waals surface area (Å²) in [5.74, 6) is -1.17. The lowest BCUT2D eigenvalue weighted by atomic mass is 9.86. The van der Waals surface area contributed by atoms with Gasteiger partial charge in [-0.2, -0.15) is 0 Å². The third kappa shape index (κ3) is 7.13. The second-order valence-electron chi connectivity index (χ2n) is 8.77. The van der Waals surface area contributed by atoms with Crippen LogP contribution in [0.25, 0.3) is 0 Å². The number of rotatable bonds is 11. The van der Waals surface area contributed by atoms with Crippen molar-refractivity contribution in [2.45, 2.75) is 91.0 Å². The van der Waals surface area contributed by atoms with E-state index in [2.05, 4.69) is 0 Å². The molecule has 0 heterocycles. The number of hydrogen-bond acceptors (Lipinski definition) is 6. The Hall–Kier alpha value is -0.706. The van der Waals surface area contributed by atoms with Gasteiger partial charge in [-0.25, -0.2) is 9.59 Å². The van der Waals surface area contributed by atoms with Crippen molar-refractivity contribution >= 4 is 28.6 Å². The summed E-state index contributed by atoms with van der Waals surface area (Å²) < 4.78 is 23.3. The highest BCUT2D eigenvalue weighted by Crippen LogP contribution is 2.37. The Bertz CT molecular complexity index is 439. The fourth-order valence-corrected chi connectivity index (χ4v) is 5.56. The molecule has 2 atom stereocenters. The molecule has 0 aromatic rings. The van der Waals surface area contributed by atoms with Crippen LogP contribution >= 0.6 is 0 Å². The summed E-state index contributed by atoms with van der Waals surface area (Å²) in [6.45, 7) is 19.3. The van der Waals surface area contributed by atoms with Gasteiger partial charge in [-0.05, 0) is 66.0 Å². The summed E-state index contributed by atoms with van der Waals surface area (Å²) >= 11 is 0. The van der Waals surface area contributed by atoms with Gasteiger partial charge < -0.3 is 18.3 Å². The fourth-order valence-electron chi connectivity index (χ4n) is 2.56. The minimum atomic E-state index is -2.23. The van der Waals surface area contributed by atoms with Crippen molar-refractivity contribution in [1.29, 1.82) is 0 Å². The molecule has 154 valence electrons. The maximum Gasteiger partial charge on any atom is 0.340 e. The SMILES string of the molecule is CCCOC(=O)C(C)(O[Si](C)(C)C)C(C)(O[Si](C)(C)C)C(=O)OCCC. The summed E-state index contributed by atoms with van der Waals surface area (Å²) in [7, 11) is -4.46. The van der Waals surface area contributed by atoms with E-state index in [9.17, 15) is 9.59 Å². The molecule has 0 fully saturated rings. The molecule has 0 aliphatic carbocycles. The summed E-state index contributed by atoms with van der Waals surface area (Å²) in [4.78, 5) is 26.0. The molecule has 8 heteroatoms. The van der Waals surface area contributed by atoms with E-state index >= 15 is 0 Å². The van der Waals surface area contributed by atoms with E-state index in [1.54, 1.807) is 13.8 Å². The van der Waals surface area contributed by atoms with Gasteiger partial charge in [0.25, 0.3) is 0 Å². The molecule has 0 bridgehead atoms. The Morgan fingerprint density at radius 1 is 0.692 bits per heavy atom. The lowest BCUT2D eigenvalue weighted by molar-refractivity contribution is -0.199. The first-order valence-electron chi connectivity index (χ1n) is 9.37. The van der Waals surface area contributed by atoms with Crippen molar-refractivity contribution in [3.05, 3.63) is 0 Å². The van der Waals surface area contributed by atoms with E-state index in [4.69, 9.17) is 18.3 Å². The van der Waals surface area contributed by atoms with Crippen LogP contribution in [0.4, 0.5) is 0 Å². The maximum absolute atomic E-state index is 13.0. The van der Waals surface area contributed by atoms with Gasteiger partial charge in [0.15, 0.2) is 27.8 Å². The molecule has 0 rings (SSSR count). The minimum Gasteiger partial charge on any atom is -0.464 e. The summed E-state index contributed by atoms with van der Waals surface area (Å²) in [5.41, 5.74) is -3.17. The Morgan fingerprint density at radius 3 is 1.15 bits per heavy atom. The molecule has 26 heavy (non-hydrogen) atoms. The lowest BCUT2D eigenvalue weighted by Gasteiger charge is -2.47. The Kier molecular flexibility index (Phi) is 9.22. The normalized spacial score (nSPS) is 17.2. The van der Waals surface area contributed by atoms with Gasteiger partial charge in [0.1, 0.15) is 0 Å². The van der Waals surface area contributed by atoms with E-state index in [1.165, 1.54) is 0 Å². The molecule has 0 amide bonds. The van der Waals surface area contributed by atoms with Crippen LogP contribution in [0.15, 0.2) is 0 Å². The monoisotopic (exact) mass is 406 g/mol. The number of ether oxygens (including phenoxy) is 2. The quantitative estimate of drug-likeness (QED) is 0.380. The Balaban J connectivity index is 6.21. The van der Waals surface area contributed by atoms with Crippen LogP contribution in [0.5, 0.6) is 0 Å². The molecule has 0 aliphatic rings. The van der Waals surface area contributed by atoms with E-state index in [1.807, 2.05) is 53.1 Å². The first-order chi connectivity index (χ1) is 11.6. The predicted octanol–water partition coefficient (Wildman–Crippen LogP) is 4.11. The summed E-state index contributed by atoms with van der Waals surface area (Å²) in [6, 6.07) is 0. The van der Waals surface area contributed by atoms with Crippen molar-refractivity contribution in [3.8, 4) is 0 Å². The highest BCUT2D eigenvalue weighted by molar-refractivity contribution is 6.70. The van der Waals surface area contributed by atoms with Crippen LogP contribution in [0.2, 0.25) is 39.3 Å². The molecular formula is C18H38O6Si2. The molecule has 0 aliphatic heterocycles. The van der Waals surface area contributed by atoms with Crippen molar-refractivity contribution in [1.82, 2.24) is 0 Å². The molecule has 0 radical (unpaired) electrons. The van der Waals surface area contributed by atoms with Crippen molar-refractivity contribution in [2.75, 3.05) is 13.2 Å². The third-order valence-corrected chi connectivity index (χ3v) is 5.63. The third-order valence-electron chi connectivity index (χ3n) is 3.58. The maximum atomic E-state index is 13.0. The fraction of sp³-hybridized carbons (Fsp3) is 0.889. The predicted molar refractivity (Wildman–Crippen MR) is 108 cm³/mol. The van der Waals surface area contributed by atoms with Gasteiger partial charge in [0.2, 0.25) is 0 Å². The zero-order valence-corrected chi connectivity index (χ0v) is 20.3. The summed E-state index contributed by atoms with van der Waals surface area (Å²) in [5, 5.41) is 0. The van der Waals surface area contributed by atoms with Crippen molar-refractivity contribution < 1.29 is 27.9 Å². The van der Waals surface area contributed by atoms with Gasteiger partial charge in [-0.1, -0.05) is 13.8 Å². The second kappa shape index (κ2) is 9.48. The van der Waals surface area contributed by atoms with Crippen LogP contribution in [-0.4, -0.2) is 53.0 Å². The zero-order valence-electron chi connectivity index (χ0n) is 18.3. The van der Waals surface area contributed by atoms with Crippen molar-refractivity contribution in [2.24, 2.45) is 0 Å². The van der Waals surface area contributed by atoms with Crippen LogP contribution in [0.1, 0.15) is 40.5 Å². The first-order valence-corrected chi connectivity index (χ1v) is 16.2. The van der Waals surface area contributed by atoms with Gasteiger partial charge in [0, 0.05) is 0 Å². The minimum absolute atomic E-state index is 0.260. The second-order valence-corrected chi connectivity index (χ2v) is 17.6. The topological polar surface area (TPSA) is 71.1 Å². The average Bonchev–Trinajstić information content (AvgIpc) is 2.46. The van der Waals surface area contributed by atoms with Gasteiger partial charge >= 0.3 is 11.9 Å². The van der Waals surface area contributed by atoms with Crippen LogP contribution in [0, 0.1) is 0 Å². The number of esters is 2. The lowest BCUT2D eigenvalue weighted by Crippen LogP contribution is -2.68. The molecule has 0 N–H and O–H groups in total. The zero-order chi connectivity index (χ0) is 20.8. The van der Waals surface area contributed by atoms with Crippen LogP contribution in [-0.2, 0) is 27.9 Å². The number of carbonyl (C=O) groups is 2. The molecule has 0 aromatic heterocycles. The van der Waals surface area contributed by atoms with Crippen LogP contribution in [0.3, 0.4) is 0 Å². The van der Waals surface area contributed by atoms with E-state index in [-0.39, 0.29) is 13.2 Å². The van der Waals surface area contributed by atoms with Gasteiger partial charge in [-0.3, -0.25) is 0 Å². The molecular weight excluding hydrogens is 368 g/mol. The van der Waals surface area contributed by atoms with Gasteiger partial charge in [0.05, 0.1) is 13.2 Å². The molecule has 0 saturated carbocycles. The van der Waals surface area contributed by atoms with Gasteiger partial charge in [-0.15, -0.1) is 0 Å². The van der Waals surface area contributed by atoms with Crippen LogP contribution < -0.4 is 0 Å². The van der Waals surface area contributed by atoms with E-state index in [0.29, 0.717) is 12.8 Å². The van der Waals surface area contributed by atoms with E-state index < -0.39 is 39.8 Å². The summed E-state index contributed by atoms with van der Waals surface area (Å²) in [6.07, 6.45) is 1.36. The first kappa shape index (κ1) is 25.3. The highest BCUT2D eigenvalue weighted by atomic mass is 28.4. The molecule has 0 spiro atoms. The van der Waals surface area contributed by atoms with E-state index in [0.717, 1.165) is 0 Å². The smallest absolute Gasteiger partial charge is 0.340 e. The molecule has 0 aromatic carbocycles. The molecule has 0 saturated heterocycles. The standard InChI is InChI=1S/C18H38O6Si2/c1-11-13-21-15(19)17(3,23-25(5,6)7)18(4,24-26(8,9)10)16(20)22-14-12-2/h11-14H2,1-10H3. The number of hydrogen-bond donors (Lipinski definition) is 0.